The summed E-state index contributed by atoms with van der Waals surface area (Å²) in [6.45, 7) is 3.93. The number of hydrogen-bond acceptors (Lipinski definition) is 10. The molecule has 0 saturated carbocycles. The summed E-state index contributed by atoms with van der Waals surface area (Å²) < 4.78 is 31.7. The number of likely N-dealkylation sites (N-methyl/N-ethyl adjacent to an activating group) is 1. The minimum atomic E-state index is -5.08. The lowest BCUT2D eigenvalue weighted by Crippen LogP contribution is -2.54. The number of carboxylic acids is 2. The number of nitrogens with one attached hydrogen (secondary N) is 4. The Labute approximate surface area is 422 Å². The number of unbranched alkanes of at least 4 members (excludes halogenated alkanes) is 8. The van der Waals surface area contributed by atoms with Gasteiger partial charge in [-0.1, -0.05) is 88.3 Å². The third-order valence-corrected chi connectivity index (χ3v) is 12.4. The Hall–Kier alpha value is -7.22. The van der Waals surface area contributed by atoms with E-state index in [1.165, 1.54) is 101 Å². The Kier molecular flexibility index (Phi) is 22.5. The van der Waals surface area contributed by atoms with E-state index >= 15 is 0 Å². The number of aliphatic carboxylic acids is 2. The van der Waals surface area contributed by atoms with E-state index in [1.807, 2.05) is 18.2 Å². The van der Waals surface area contributed by atoms with Gasteiger partial charge in [-0.05, 0) is 109 Å². The molecule has 17 nitrogen and oxygen atoms in total. The summed E-state index contributed by atoms with van der Waals surface area (Å²) in [4.78, 5) is 90.7. The quantitative estimate of drug-likeness (QED) is 0.0390. The van der Waals surface area contributed by atoms with Crippen LogP contribution in [0.25, 0.3) is 21.9 Å². The van der Waals surface area contributed by atoms with Gasteiger partial charge < -0.3 is 52.3 Å². The van der Waals surface area contributed by atoms with Crippen LogP contribution >= 0.6 is 0 Å². The number of benzene rings is 4. The third kappa shape index (κ3) is 17.8. The molecule has 5 rings (SSSR count). The van der Waals surface area contributed by atoms with Crippen molar-refractivity contribution in [2.75, 3.05) is 20.1 Å². The van der Waals surface area contributed by atoms with Crippen molar-refractivity contribution in [3.63, 3.8) is 0 Å². The lowest BCUT2D eigenvalue weighted by atomic mass is 9.93. The standard InChI is InChI=1S/C51H66N6O9.C2HF3O2/c1-4-5-6-7-8-9-10-11-14-33-16-18-36-30-38(20-19-35(36)27-33)48(62)53-26-24-45(60)55-41(15-12-13-25-52)50(64)57(3)46-37-21-23-44(59)40(31-37)39-28-34(17-22-43(39)58)29-42(51(65)66)56-47(61)32(2)54-49(46)63;3-2(4,5)1(6)7/h16-23,27-28,30-32,41-42,46,58-59H,4-15,24-26,29,52H2,1-3H3,(H,53,62)(H,54,63)(H,55,60)(H,56,61)(H,65,66);(H,6,7)/t32-,41-,42-,46-;/m0./s1. The molecule has 0 aliphatic carbocycles. The fraction of sp³-hybridized carbons (Fsp3) is 0.453. The molecule has 1 aliphatic heterocycles. The van der Waals surface area contributed by atoms with Crippen LogP contribution in [-0.2, 0) is 41.6 Å². The molecule has 10 N–H and O–H groups in total. The van der Waals surface area contributed by atoms with Gasteiger partial charge in [0.05, 0.1) is 0 Å². The van der Waals surface area contributed by atoms with Crippen LogP contribution in [0.3, 0.4) is 0 Å². The lowest BCUT2D eigenvalue weighted by Gasteiger charge is -2.32. The van der Waals surface area contributed by atoms with E-state index in [0.29, 0.717) is 30.5 Å². The average Bonchev–Trinajstić information content (AvgIpc) is 3.34. The number of phenols is 2. The molecule has 0 fully saturated rings. The van der Waals surface area contributed by atoms with Gasteiger partial charge in [0.15, 0.2) is 0 Å². The summed E-state index contributed by atoms with van der Waals surface area (Å²) in [7, 11) is 1.37. The summed E-state index contributed by atoms with van der Waals surface area (Å²) in [5.41, 5.74) is 8.34. The number of fused-ring (bicyclic) bond motifs is 6. The fourth-order valence-corrected chi connectivity index (χ4v) is 8.34. The van der Waals surface area contributed by atoms with Crippen molar-refractivity contribution in [2.24, 2.45) is 5.73 Å². The number of aryl methyl sites for hydroxylation is 1. The summed E-state index contributed by atoms with van der Waals surface area (Å²) in [6.07, 6.45) is 6.91. The average molecular weight is 1020 g/mol. The second-order valence-corrected chi connectivity index (χ2v) is 18.1. The Bertz CT molecular complexity index is 2570. The van der Waals surface area contributed by atoms with E-state index in [4.69, 9.17) is 15.6 Å². The van der Waals surface area contributed by atoms with E-state index in [2.05, 4.69) is 40.3 Å². The topological polar surface area (TPSA) is 278 Å². The molecule has 4 aromatic rings. The van der Waals surface area contributed by atoms with Gasteiger partial charge in [0.25, 0.3) is 5.91 Å². The van der Waals surface area contributed by atoms with Crippen molar-refractivity contribution >= 4 is 52.2 Å². The van der Waals surface area contributed by atoms with E-state index in [1.54, 1.807) is 6.07 Å². The van der Waals surface area contributed by atoms with Gasteiger partial charge in [-0.15, -0.1) is 0 Å². The number of carboxylic acid groups (broad SMARTS) is 2. The number of carbonyl (C=O) groups is 7. The number of hydrogen-bond donors (Lipinski definition) is 9. The number of amides is 5. The van der Waals surface area contributed by atoms with Gasteiger partial charge in [-0.3, -0.25) is 24.0 Å². The van der Waals surface area contributed by atoms with Crippen molar-refractivity contribution in [1.82, 2.24) is 26.2 Å². The molecule has 0 radical (unpaired) electrons. The highest BCUT2D eigenvalue weighted by Gasteiger charge is 2.38. The third-order valence-electron chi connectivity index (χ3n) is 12.4. The van der Waals surface area contributed by atoms with Gasteiger partial charge in [0, 0.05) is 43.1 Å². The molecule has 4 bridgehead atoms. The Balaban J connectivity index is 0.00000153. The summed E-state index contributed by atoms with van der Waals surface area (Å²) in [6, 6.07) is 15.1. The highest BCUT2D eigenvalue weighted by Crippen LogP contribution is 2.39. The van der Waals surface area contributed by atoms with Crippen molar-refractivity contribution in [3.8, 4) is 22.6 Å². The predicted molar refractivity (Wildman–Crippen MR) is 267 cm³/mol. The Morgan fingerprint density at radius 1 is 0.781 bits per heavy atom. The van der Waals surface area contributed by atoms with Gasteiger partial charge in [-0.2, -0.15) is 13.2 Å². The number of carbonyl (C=O) groups excluding carboxylic acids is 5. The van der Waals surface area contributed by atoms with Crippen LogP contribution in [0.1, 0.15) is 124 Å². The molecule has 0 aromatic heterocycles. The first-order valence-electron chi connectivity index (χ1n) is 24.5. The van der Waals surface area contributed by atoms with E-state index < -0.39 is 65.9 Å². The number of halogens is 3. The maximum absolute atomic E-state index is 14.4. The molecular weight excluding hydrogens is 954 g/mol. The van der Waals surface area contributed by atoms with Crippen LogP contribution in [0.2, 0.25) is 0 Å². The van der Waals surface area contributed by atoms with Gasteiger partial charge in [-0.25, -0.2) is 9.59 Å². The highest BCUT2D eigenvalue weighted by molar-refractivity contribution is 5.99. The predicted octanol–water partition coefficient (Wildman–Crippen LogP) is 6.80. The molecule has 0 unspecified atom stereocenters. The smallest absolute Gasteiger partial charge is 0.490 e. The fourth-order valence-electron chi connectivity index (χ4n) is 8.34. The summed E-state index contributed by atoms with van der Waals surface area (Å²) >= 11 is 0. The molecule has 1 aliphatic rings. The molecular formula is C53H67F3N6O11. The maximum Gasteiger partial charge on any atom is 0.490 e. The summed E-state index contributed by atoms with van der Waals surface area (Å²) in [5, 5.41) is 51.5. The van der Waals surface area contributed by atoms with Gasteiger partial charge in [0.2, 0.25) is 23.6 Å². The first-order valence-corrected chi connectivity index (χ1v) is 24.5. The van der Waals surface area contributed by atoms with Crippen molar-refractivity contribution in [1.29, 1.82) is 0 Å². The highest BCUT2D eigenvalue weighted by atomic mass is 19.4. The first-order chi connectivity index (χ1) is 34.6. The number of phenolic OH excluding ortho intramolecular Hbond substituents is 2. The number of alkyl halides is 3. The molecule has 20 heteroatoms. The largest absolute Gasteiger partial charge is 0.507 e. The van der Waals surface area contributed by atoms with Gasteiger partial charge in [0.1, 0.15) is 35.7 Å². The van der Waals surface area contributed by atoms with Crippen LogP contribution in [0.4, 0.5) is 13.2 Å². The zero-order valence-electron chi connectivity index (χ0n) is 41.4. The van der Waals surface area contributed by atoms with Crippen molar-refractivity contribution in [3.05, 3.63) is 95.1 Å². The minimum Gasteiger partial charge on any atom is -0.507 e. The molecule has 73 heavy (non-hydrogen) atoms. The van der Waals surface area contributed by atoms with Crippen LogP contribution in [0.5, 0.6) is 11.5 Å². The number of aromatic hydroxyl groups is 2. The maximum atomic E-state index is 14.4. The molecule has 396 valence electrons. The molecule has 5 amide bonds. The normalized spacial score (nSPS) is 16.1. The number of rotatable bonds is 21. The second-order valence-electron chi connectivity index (χ2n) is 18.1. The minimum absolute atomic E-state index is 0.0160. The zero-order chi connectivity index (χ0) is 53.8. The lowest BCUT2D eigenvalue weighted by molar-refractivity contribution is -0.192. The van der Waals surface area contributed by atoms with Crippen LogP contribution in [-0.4, -0.2) is 111 Å². The zero-order valence-corrected chi connectivity index (χ0v) is 41.4. The molecule has 4 aromatic carbocycles. The summed E-state index contributed by atoms with van der Waals surface area (Å²) in [5.74, 6) is -7.71. The van der Waals surface area contributed by atoms with E-state index in [-0.39, 0.29) is 59.9 Å². The van der Waals surface area contributed by atoms with Crippen molar-refractivity contribution < 1.29 is 67.2 Å². The van der Waals surface area contributed by atoms with Crippen molar-refractivity contribution in [2.45, 2.75) is 134 Å². The molecule has 1 heterocycles. The van der Waals surface area contributed by atoms with E-state index in [0.717, 1.165) is 28.5 Å². The molecule has 4 atom stereocenters. The number of nitrogens with zero attached hydrogens (tertiary/aromatic N) is 1. The van der Waals surface area contributed by atoms with Crippen LogP contribution in [0, 0.1) is 0 Å². The molecule has 0 saturated heterocycles. The Morgan fingerprint density at radius 3 is 2.04 bits per heavy atom. The Morgan fingerprint density at radius 2 is 1.40 bits per heavy atom. The SMILES string of the molecule is CCCCCCCCCCc1ccc2cc(C(=O)NCCC(=O)N[C@@H](CCCCN)C(=O)N(C)[C@@H]3C(=O)N[C@@H](C)C(=O)N[C@H](C(=O)O)Cc4ccc(O)c(c4)-c4cc3ccc4O)ccc2c1.O=C(O)C(F)(F)F. The van der Waals surface area contributed by atoms with Crippen LogP contribution in [0.15, 0.2) is 72.8 Å². The monoisotopic (exact) mass is 1020 g/mol. The van der Waals surface area contributed by atoms with Crippen LogP contribution < -0.4 is 27.0 Å². The van der Waals surface area contributed by atoms with Gasteiger partial charge >= 0.3 is 18.1 Å². The first kappa shape index (κ1) is 58.4. The number of nitrogens with two attached hydrogens (primary N) is 1. The second kappa shape index (κ2) is 28.1. The van der Waals surface area contributed by atoms with E-state index in [9.17, 15) is 57.3 Å². The molecule has 0 spiro atoms.